The summed E-state index contributed by atoms with van der Waals surface area (Å²) in [4.78, 5) is 4.13. The molecule has 6 heteroatoms. The Labute approximate surface area is 173 Å². The third kappa shape index (κ3) is 5.97. The monoisotopic (exact) mass is 442 g/mol. The first-order chi connectivity index (χ1) is 13.8. The van der Waals surface area contributed by atoms with Gasteiger partial charge in [0.15, 0.2) is 11.5 Å². The van der Waals surface area contributed by atoms with Crippen molar-refractivity contribution in [2.45, 2.75) is 13.2 Å². The molecule has 0 atom stereocenters. The average Bonchev–Trinajstić information content (AvgIpc) is 2.74. The first-order valence-electron chi connectivity index (χ1n) is 9.04. The maximum Gasteiger partial charge on any atom is 0.213 e. The van der Waals surface area contributed by atoms with Gasteiger partial charge >= 0.3 is 0 Å². The lowest BCUT2D eigenvalue weighted by molar-refractivity contribution is 0.284. The third-order valence-corrected chi connectivity index (χ3v) is 4.79. The van der Waals surface area contributed by atoms with E-state index in [0.29, 0.717) is 43.7 Å². The van der Waals surface area contributed by atoms with Crippen molar-refractivity contribution in [3.63, 3.8) is 0 Å². The highest BCUT2D eigenvalue weighted by atomic mass is 79.9. The van der Waals surface area contributed by atoms with E-state index >= 15 is 0 Å². The van der Waals surface area contributed by atoms with Gasteiger partial charge in [-0.2, -0.15) is 0 Å². The van der Waals surface area contributed by atoms with Crippen LogP contribution >= 0.6 is 15.9 Å². The fourth-order valence-corrected chi connectivity index (χ4v) is 3.07. The van der Waals surface area contributed by atoms with Crippen LogP contribution in [0, 0.1) is 0 Å². The largest absolute Gasteiger partial charge is 0.493 e. The summed E-state index contributed by atoms with van der Waals surface area (Å²) in [7, 11) is 1.65. The van der Waals surface area contributed by atoms with Gasteiger partial charge in [0.05, 0.1) is 7.11 Å². The number of rotatable bonds is 10. The summed E-state index contributed by atoms with van der Waals surface area (Å²) in [5.41, 5.74) is 2.20. The summed E-state index contributed by atoms with van der Waals surface area (Å²) in [6.07, 6.45) is 1.72. The Kier molecular flexibility index (Phi) is 7.70. The van der Waals surface area contributed by atoms with Gasteiger partial charge in [-0.05, 0) is 29.3 Å². The molecule has 1 aromatic heterocycles. The highest BCUT2D eigenvalue weighted by Crippen LogP contribution is 2.34. The van der Waals surface area contributed by atoms with Crippen LogP contribution in [0.5, 0.6) is 17.4 Å². The number of hydrogen-bond acceptors (Lipinski definition) is 5. The zero-order chi connectivity index (χ0) is 19.6. The molecule has 2 aromatic carbocycles. The summed E-state index contributed by atoms with van der Waals surface area (Å²) in [5.74, 6) is 2.05. The normalized spacial score (nSPS) is 10.5. The van der Waals surface area contributed by atoms with Crippen LogP contribution in [-0.4, -0.2) is 25.2 Å². The minimum atomic E-state index is 0.492. The Morgan fingerprint density at radius 1 is 0.964 bits per heavy atom. The van der Waals surface area contributed by atoms with Crippen molar-refractivity contribution in [3.05, 3.63) is 82.5 Å². The van der Waals surface area contributed by atoms with Crippen LogP contribution in [0.1, 0.15) is 11.1 Å². The molecule has 3 aromatic rings. The predicted molar refractivity (Wildman–Crippen MR) is 113 cm³/mol. The maximum atomic E-state index is 5.94. The van der Waals surface area contributed by atoms with E-state index in [0.717, 1.165) is 15.6 Å². The van der Waals surface area contributed by atoms with Crippen LogP contribution in [0.15, 0.2) is 71.3 Å². The Bertz CT molecular complexity index is 860. The lowest BCUT2D eigenvalue weighted by Crippen LogP contribution is -2.21. The minimum Gasteiger partial charge on any atom is -0.493 e. The minimum absolute atomic E-state index is 0.492. The standard InChI is InChI=1S/C22H23BrN2O3/c1-26-20-13-18(15-24-11-12-27-22-9-5-6-10-25-22)19(23)14-21(20)28-16-17-7-3-2-4-8-17/h2-10,13-14,24H,11-12,15-16H2,1H3. The van der Waals surface area contributed by atoms with E-state index in [4.69, 9.17) is 14.2 Å². The van der Waals surface area contributed by atoms with Crippen LogP contribution in [-0.2, 0) is 13.2 Å². The lowest BCUT2D eigenvalue weighted by atomic mass is 10.2. The summed E-state index contributed by atoms with van der Waals surface area (Å²) < 4.78 is 18.0. The number of pyridine rings is 1. The highest BCUT2D eigenvalue weighted by molar-refractivity contribution is 9.10. The van der Waals surface area contributed by atoms with E-state index in [2.05, 4.69) is 26.2 Å². The fraction of sp³-hybridized carbons (Fsp3) is 0.227. The number of methoxy groups -OCH3 is 1. The average molecular weight is 443 g/mol. The molecule has 1 heterocycles. The summed E-state index contributed by atoms with van der Waals surface area (Å²) in [6, 6.07) is 19.6. The Balaban J connectivity index is 1.52. The van der Waals surface area contributed by atoms with E-state index in [1.54, 1.807) is 13.3 Å². The van der Waals surface area contributed by atoms with Crippen molar-refractivity contribution < 1.29 is 14.2 Å². The van der Waals surface area contributed by atoms with Crippen LogP contribution in [0.4, 0.5) is 0 Å². The molecule has 5 nitrogen and oxygen atoms in total. The van der Waals surface area contributed by atoms with Crippen molar-refractivity contribution in [2.24, 2.45) is 0 Å². The molecule has 0 aliphatic rings. The maximum absolute atomic E-state index is 5.94. The van der Waals surface area contributed by atoms with E-state index in [-0.39, 0.29) is 0 Å². The quantitative estimate of drug-likeness (QED) is 0.465. The van der Waals surface area contributed by atoms with Gasteiger partial charge in [-0.25, -0.2) is 4.98 Å². The van der Waals surface area contributed by atoms with Gasteiger partial charge < -0.3 is 19.5 Å². The molecule has 0 bridgehead atoms. The van der Waals surface area contributed by atoms with Crippen LogP contribution in [0.2, 0.25) is 0 Å². The fourth-order valence-electron chi connectivity index (χ4n) is 2.60. The number of nitrogens with one attached hydrogen (secondary N) is 1. The first kappa shape index (κ1) is 20.2. The van der Waals surface area contributed by atoms with Crippen molar-refractivity contribution in [1.82, 2.24) is 10.3 Å². The molecule has 0 amide bonds. The number of halogens is 1. The van der Waals surface area contributed by atoms with Crippen LogP contribution in [0.3, 0.4) is 0 Å². The predicted octanol–water partition coefficient (Wildman–Crippen LogP) is 4.60. The number of aromatic nitrogens is 1. The SMILES string of the molecule is COc1cc(CNCCOc2ccccn2)c(Br)cc1OCc1ccccc1. The Morgan fingerprint density at radius 3 is 2.54 bits per heavy atom. The second kappa shape index (κ2) is 10.7. The first-order valence-corrected chi connectivity index (χ1v) is 9.83. The summed E-state index contributed by atoms with van der Waals surface area (Å²) >= 11 is 3.63. The molecule has 0 fully saturated rings. The van der Waals surface area contributed by atoms with Crippen LogP contribution < -0.4 is 19.5 Å². The molecular formula is C22H23BrN2O3. The zero-order valence-corrected chi connectivity index (χ0v) is 17.3. The van der Waals surface area contributed by atoms with Crippen molar-refractivity contribution in [3.8, 4) is 17.4 Å². The molecule has 0 aliphatic carbocycles. The molecular weight excluding hydrogens is 420 g/mol. The van der Waals surface area contributed by atoms with Gasteiger partial charge in [0, 0.05) is 29.8 Å². The number of ether oxygens (including phenoxy) is 3. The van der Waals surface area contributed by atoms with Gasteiger partial charge in [0.25, 0.3) is 0 Å². The summed E-state index contributed by atoms with van der Waals surface area (Å²) in [6.45, 7) is 2.43. The van der Waals surface area contributed by atoms with Gasteiger partial charge in [-0.1, -0.05) is 52.3 Å². The molecule has 1 N–H and O–H groups in total. The molecule has 0 spiro atoms. The Morgan fingerprint density at radius 2 is 1.79 bits per heavy atom. The van der Waals surface area contributed by atoms with Gasteiger partial charge in [-0.15, -0.1) is 0 Å². The third-order valence-electron chi connectivity index (χ3n) is 4.05. The molecule has 3 rings (SSSR count). The topological polar surface area (TPSA) is 52.6 Å². The molecule has 0 unspecified atom stereocenters. The smallest absolute Gasteiger partial charge is 0.213 e. The van der Waals surface area contributed by atoms with Crippen LogP contribution in [0.25, 0.3) is 0 Å². The molecule has 0 saturated heterocycles. The lowest BCUT2D eigenvalue weighted by Gasteiger charge is -2.14. The summed E-state index contributed by atoms with van der Waals surface area (Å²) in [5, 5.41) is 3.36. The number of benzene rings is 2. The van der Waals surface area contributed by atoms with E-state index in [1.807, 2.05) is 60.7 Å². The zero-order valence-electron chi connectivity index (χ0n) is 15.7. The number of nitrogens with zero attached hydrogens (tertiary/aromatic N) is 1. The molecule has 0 saturated carbocycles. The van der Waals surface area contributed by atoms with E-state index < -0.39 is 0 Å². The molecule has 28 heavy (non-hydrogen) atoms. The molecule has 0 radical (unpaired) electrons. The van der Waals surface area contributed by atoms with Gasteiger partial charge in [0.2, 0.25) is 5.88 Å². The van der Waals surface area contributed by atoms with Gasteiger partial charge in [-0.3, -0.25) is 0 Å². The second-order valence-corrected chi connectivity index (χ2v) is 6.92. The van der Waals surface area contributed by atoms with Crippen molar-refractivity contribution in [1.29, 1.82) is 0 Å². The number of hydrogen-bond donors (Lipinski definition) is 1. The second-order valence-electron chi connectivity index (χ2n) is 6.06. The van der Waals surface area contributed by atoms with Gasteiger partial charge in [0.1, 0.15) is 13.2 Å². The van der Waals surface area contributed by atoms with Crippen molar-refractivity contribution >= 4 is 15.9 Å². The highest BCUT2D eigenvalue weighted by Gasteiger charge is 2.10. The van der Waals surface area contributed by atoms with E-state index in [1.165, 1.54) is 0 Å². The van der Waals surface area contributed by atoms with Crippen molar-refractivity contribution in [2.75, 3.05) is 20.3 Å². The molecule has 146 valence electrons. The Hall–Kier alpha value is -2.57. The molecule has 0 aliphatic heterocycles. The van der Waals surface area contributed by atoms with E-state index in [9.17, 15) is 0 Å².